The van der Waals surface area contributed by atoms with Gasteiger partial charge in [0.05, 0.1) is 17.4 Å². The van der Waals surface area contributed by atoms with Gasteiger partial charge in [-0.25, -0.2) is 0 Å². The van der Waals surface area contributed by atoms with Crippen LogP contribution in [0.5, 0.6) is 0 Å². The molecule has 2 heterocycles. The van der Waals surface area contributed by atoms with E-state index in [9.17, 15) is 0 Å². The van der Waals surface area contributed by atoms with Crippen LogP contribution in [0.15, 0.2) is 42.7 Å². The predicted molar refractivity (Wildman–Crippen MR) is 91.9 cm³/mol. The van der Waals surface area contributed by atoms with E-state index in [1.165, 1.54) is 0 Å². The average Bonchev–Trinajstić information content (AvgIpc) is 2.55. The molecule has 2 aromatic heterocycles. The summed E-state index contributed by atoms with van der Waals surface area (Å²) in [5, 5.41) is 15.5. The topological polar surface area (TPSA) is 78.9 Å². The van der Waals surface area contributed by atoms with E-state index in [0.29, 0.717) is 11.8 Å². The van der Waals surface area contributed by atoms with Crippen molar-refractivity contribution in [2.75, 3.05) is 37.8 Å². The third-order valence-electron chi connectivity index (χ3n) is 3.30. The summed E-state index contributed by atoms with van der Waals surface area (Å²) in [7, 11) is 4.04. The lowest BCUT2D eigenvalue weighted by molar-refractivity contribution is 0.425. The molecule has 1 aromatic carbocycles. The van der Waals surface area contributed by atoms with Crippen LogP contribution in [-0.2, 0) is 0 Å². The number of fused-ring (bicyclic) bond motifs is 1. The number of benzene rings is 1. The van der Waals surface area contributed by atoms with Crippen LogP contribution < -0.4 is 10.6 Å². The van der Waals surface area contributed by atoms with Gasteiger partial charge >= 0.3 is 0 Å². The van der Waals surface area contributed by atoms with Crippen LogP contribution in [0.4, 0.5) is 17.5 Å². The minimum absolute atomic E-state index is 0.505. The Morgan fingerprint density at radius 2 is 2.00 bits per heavy atom. The largest absolute Gasteiger partial charge is 0.352 e. The summed E-state index contributed by atoms with van der Waals surface area (Å²) in [5.41, 5.74) is 1.79. The second-order valence-corrected chi connectivity index (χ2v) is 5.40. The first kappa shape index (κ1) is 15.1. The highest BCUT2D eigenvalue weighted by atomic mass is 15.3. The summed E-state index contributed by atoms with van der Waals surface area (Å²) in [6, 6.07) is 9.93. The zero-order valence-corrected chi connectivity index (χ0v) is 13.2. The smallest absolute Gasteiger partial charge is 0.244 e. The van der Waals surface area contributed by atoms with Crippen LogP contribution in [0, 0.1) is 0 Å². The van der Waals surface area contributed by atoms with Crippen LogP contribution in [0.3, 0.4) is 0 Å². The number of hydrogen-bond donors (Lipinski definition) is 2. The molecular formula is C16H19N7. The number of para-hydroxylation sites is 1. The van der Waals surface area contributed by atoms with Crippen molar-refractivity contribution in [1.29, 1.82) is 0 Å². The summed E-state index contributed by atoms with van der Waals surface area (Å²) in [5.74, 6) is 1.13. The standard InChI is InChI=1S/C16H19N7/c1-23(2)10-9-18-16-21-14(11-19-22-16)20-13-7-3-5-12-6-4-8-17-15(12)13/h3-8,11H,9-10H2,1-2H3,(H2,18,20,21,22). The first-order chi connectivity index (χ1) is 11.2. The molecule has 0 saturated heterocycles. The maximum atomic E-state index is 4.43. The number of anilines is 3. The van der Waals surface area contributed by atoms with E-state index >= 15 is 0 Å². The van der Waals surface area contributed by atoms with Crippen LogP contribution in [0.1, 0.15) is 0 Å². The molecule has 7 heteroatoms. The molecule has 0 aliphatic carbocycles. The van der Waals surface area contributed by atoms with Crippen LogP contribution in [-0.4, -0.2) is 52.3 Å². The fraction of sp³-hybridized carbons (Fsp3) is 0.250. The molecule has 0 unspecified atom stereocenters. The Kier molecular flexibility index (Phi) is 4.58. The molecule has 23 heavy (non-hydrogen) atoms. The Hall–Kier alpha value is -2.80. The van der Waals surface area contributed by atoms with E-state index in [1.54, 1.807) is 12.4 Å². The molecule has 3 aromatic rings. The van der Waals surface area contributed by atoms with E-state index in [1.807, 2.05) is 44.4 Å². The van der Waals surface area contributed by atoms with Gasteiger partial charge in [-0.15, -0.1) is 5.10 Å². The van der Waals surface area contributed by atoms with Gasteiger partial charge in [-0.2, -0.15) is 10.1 Å². The summed E-state index contributed by atoms with van der Waals surface area (Å²) < 4.78 is 0. The minimum Gasteiger partial charge on any atom is -0.352 e. The van der Waals surface area contributed by atoms with Crippen molar-refractivity contribution < 1.29 is 0 Å². The van der Waals surface area contributed by atoms with Gasteiger partial charge in [-0.3, -0.25) is 4.98 Å². The number of rotatable bonds is 6. The molecule has 0 amide bonds. The average molecular weight is 309 g/mol. The molecular weight excluding hydrogens is 290 g/mol. The van der Waals surface area contributed by atoms with Gasteiger partial charge in [0.15, 0.2) is 5.82 Å². The molecule has 2 N–H and O–H groups in total. The molecule has 0 spiro atoms. The second-order valence-electron chi connectivity index (χ2n) is 5.40. The molecule has 7 nitrogen and oxygen atoms in total. The zero-order valence-electron chi connectivity index (χ0n) is 13.2. The highest BCUT2D eigenvalue weighted by Crippen LogP contribution is 2.23. The Labute approximate surface area is 134 Å². The van der Waals surface area contributed by atoms with E-state index in [-0.39, 0.29) is 0 Å². The van der Waals surface area contributed by atoms with Crippen molar-refractivity contribution in [2.24, 2.45) is 0 Å². The number of nitrogens with one attached hydrogen (secondary N) is 2. The number of nitrogens with zero attached hydrogens (tertiary/aromatic N) is 5. The van der Waals surface area contributed by atoms with Crippen LogP contribution in [0.25, 0.3) is 10.9 Å². The summed E-state index contributed by atoms with van der Waals surface area (Å²) >= 11 is 0. The highest BCUT2D eigenvalue weighted by molar-refractivity contribution is 5.91. The lowest BCUT2D eigenvalue weighted by atomic mass is 10.2. The molecule has 0 aliphatic rings. The summed E-state index contributed by atoms with van der Waals surface area (Å²) in [4.78, 5) is 10.9. The molecule has 0 aliphatic heterocycles. The van der Waals surface area contributed by atoms with Crippen molar-refractivity contribution in [2.45, 2.75) is 0 Å². The molecule has 0 fully saturated rings. The summed E-state index contributed by atoms with van der Waals surface area (Å²) in [6.45, 7) is 1.65. The number of likely N-dealkylation sites (N-methyl/N-ethyl adjacent to an activating group) is 1. The first-order valence-electron chi connectivity index (χ1n) is 7.41. The Morgan fingerprint density at radius 3 is 2.87 bits per heavy atom. The second kappa shape index (κ2) is 6.97. The third kappa shape index (κ3) is 3.89. The van der Waals surface area contributed by atoms with Gasteiger partial charge in [0.25, 0.3) is 0 Å². The van der Waals surface area contributed by atoms with Crippen molar-refractivity contribution >= 4 is 28.4 Å². The fourth-order valence-electron chi connectivity index (χ4n) is 2.17. The zero-order chi connectivity index (χ0) is 16.1. The van der Waals surface area contributed by atoms with Gasteiger partial charge in [0, 0.05) is 24.7 Å². The Bertz CT molecular complexity index is 783. The fourth-order valence-corrected chi connectivity index (χ4v) is 2.17. The maximum absolute atomic E-state index is 4.43. The quantitative estimate of drug-likeness (QED) is 0.722. The lowest BCUT2D eigenvalue weighted by Gasteiger charge is -2.11. The van der Waals surface area contributed by atoms with E-state index in [0.717, 1.165) is 29.7 Å². The minimum atomic E-state index is 0.505. The SMILES string of the molecule is CN(C)CCNc1nncc(Nc2cccc3cccnc23)n1. The number of hydrogen-bond acceptors (Lipinski definition) is 7. The summed E-state index contributed by atoms with van der Waals surface area (Å²) in [6.07, 6.45) is 3.37. The van der Waals surface area contributed by atoms with Gasteiger partial charge in [0.2, 0.25) is 5.95 Å². The first-order valence-corrected chi connectivity index (χ1v) is 7.41. The van der Waals surface area contributed by atoms with E-state index in [2.05, 4.69) is 35.7 Å². The lowest BCUT2D eigenvalue weighted by Crippen LogP contribution is -2.21. The molecule has 118 valence electrons. The molecule has 3 rings (SSSR count). The molecule has 0 atom stereocenters. The predicted octanol–water partition coefficient (Wildman–Crippen LogP) is 2.14. The van der Waals surface area contributed by atoms with Crippen molar-refractivity contribution in [3.05, 3.63) is 42.7 Å². The number of aromatic nitrogens is 4. The monoisotopic (exact) mass is 309 g/mol. The molecule has 0 radical (unpaired) electrons. The van der Waals surface area contributed by atoms with Gasteiger partial charge in [0.1, 0.15) is 0 Å². The Balaban J connectivity index is 1.77. The van der Waals surface area contributed by atoms with E-state index < -0.39 is 0 Å². The van der Waals surface area contributed by atoms with E-state index in [4.69, 9.17) is 0 Å². The Morgan fingerprint density at radius 1 is 1.13 bits per heavy atom. The highest BCUT2D eigenvalue weighted by Gasteiger charge is 2.05. The third-order valence-corrected chi connectivity index (χ3v) is 3.30. The van der Waals surface area contributed by atoms with Crippen molar-refractivity contribution in [3.8, 4) is 0 Å². The van der Waals surface area contributed by atoms with Crippen LogP contribution >= 0.6 is 0 Å². The molecule has 0 bridgehead atoms. The van der Waals surface area contributed by atoms with Crippen molar-refractivity contribution in [3.63, 3.8) is 0 Å². The normalized spacial score (nSPS) is 10.9. The van der Waals surface area contributed by atoms with Gasteiger partial charge in [-0.05, 0) is 26.2 Å². The van der Waals surface area contributed by atoms with Gasteiger partial charge in [-0.1, -0.05) is 18.2 Å². The molecule has 0 saturated carbocycles. The van der Waals surface area contributed by atoms with Crippen LogP contribution in [0.2, 0.25) is 0 Å². The van der Waals surface area contributed by atoms with Crippen molar-refractivity contribution in [1.82, 2.24) is 25.1 Å². The van der Waals surface area contributed by atoms with Gasteiger partial charge < -0.3 is 15.5 Å². The maximum Gasteiger partial charge on any atom is 0.244 e. The number of pyridine rings is 1.